The van der Waals surface area contributed by atoms with Gasteiger partial charge in [0.1, 0.15) is 0 Å². The van der Waals surface area contributed by atoms with Gasteiger partial charge in [-0.05, 0) is 0 Å². The minimum Gasteiger partial charge on any atom is -0.383 e. The highest BCUT2D eigenvalue weighted by atomic mass is 16.5. The Morgan fingerprint density at radius 2 is 2.60 bits per heavy atom. The van der Waals surface area contributed by atoms with Gasteiger partial charge in [0.15, 0.2) is 0 Å². The van der Waals surface area contributed by atoms with Crippen LogP contribution >= 0.6 is 0 Å². The molecule has 3 nitrogen and oxygen atoms in total. The molecule has 1 rings (SSSR count). The van der Waals surface area contributed by atoms with Gasteiger partial charge in [0.25, 0.3) is 0 Å². The lowest BCUT2D eigenvalue weighted by Crippen LogP contribution is -2.21. The van der Waals surface area contributed by atoms with Crippen LogP contribution in [0.25, 0.3) is 0 Å². The monoisotopic (exact) mass is 142 g/mol. The summed E-state index contributed by atoms with van der Waals surface area (Å²) in [7, 11) is 1.71. The highest BCUT2D eigenvalue weighted by molar-refractivity contribution is 5.61. The molecule has 1 unspecified atom stereocenters. The maximum absolute atomic E-state index is 4.92. The zero-order valence-corrected chi connectivity index (χ0v) is 6.58. The standard InChI is InChI=1S/C7H14N2O/c1-7-5-8-9(6-7)3-4-10-2/h5,7H,3-4,6H2,1-2H3. The largest absolute Gasteiger partial charge is 0.383 e. The SMILES string of the molecule is COCCN1CC(C)C=N1. The van der Waals surface area contributed by atoms with Crippen LogP contribution < -0.4 is 0 Å². The number of hydrazone groups is 1. The highest BCUT2D eigenvalue weighted by Crippen LogP contribution is 2.04. The smallest absolute Gasteiger partial charge is 0.0654 e. The fourth-order valence-corrected chi connectivity index (χ4v) is 0.980. The summed E-state index contributed by atoms with van der Waals surface area (Å²) in [6, 6.07) is 0. The van der Waals surface area contributed by atoms with E-state index in [1.54, 1.807) is 7.11 Å². The first kappa shape index (κ1) is 7.54. The van der Waals surface area contributed by atoms with Crippen LogP contribution in [0, 0.1) is 5.92 Å². The molecule has 0 fully saturated rings. The Hall–Kier alpha value is -0.570. The lowest BCUT2D eigenvalue weighted by atomic mass is 10.2. The van der Waals surface area contributed by atoms with Crippen molar-refractivity contribution in [2.75, 3.05) is 26.8 Å². The van der Waals surface area contributed by atoms with Crippen LogP contribution in [0.3, 0.4) is 0 Å². The Balaban J connectivity index is 2.14. The maximum atomic E-state index is 4.92. The van der Waals surface area contributed by atoms with Crippen molar-refractivity contribution in [3.8, 4) is 0 Å². The third-order valence-electron chi connectivity index (χ3n) is 1.54. The summed E-state index contributed by atoms with van der Waals surface area (Å²) in [6.45, 7) is 4.89. The molecule has 0 aliphatic carbocycles. The number of rotatable bonds is 3. The van der Waals surface area contributed by atoms with E-state index in [4.69, 9.17) is 4.74 Å². The number of hydrogen-bond acceptors (Lipinski definition) is 3. The van der Waals surface area contributed by atoms with Crippen molar-refractivity contribution < 1.29 is 4.74 Å². The van der Waals surface area contributed by atoms with Gasteiger partial charge in [0, 0.05) is 25.8 Å². The predicted octanol–water partition coefficient (Wildman–Crippen LogP) is 0.570. The van der Waals surface area contributed by atoms with E-state index in [0.29, 0.717) is 5.92 Å². The average Bonchev–Trinajstić information content (AvgIpc) is 2.31. The normalized spacial score (nSPS) is 24.2. The topological polar surface area (TPSA) is 24.8 Å². The summed E-state index contributed by atoms with van der Waals surface area (Å²) in [5, 5.41) is 6.22. The molecular formula is C7H14N2O. The van der Waals surface area contributed by atoms with Gasteiger partial charge in [-0.3, -0.25) is 5.01 Å². The molecule has 0 saturated heterocycles. The second-order valence-electron chi connectivity index (χ2n) is 2.65. The van der Waals surface area contributed by atoms with E-state index in [-0.39, 0.29) is 0 Å². The predicted molar refractivity (Wildman–Crippen MR) is 41.1 cm³/mol. The lowest BCUT2D eigenvalue weighted by Gasteiger charge is -2.13. The summed E-state index contributed by atoms with van der Waals surface area (Å²) in [5.74, 6) is 0.608. The molecule has 58 valence electrons. The minimum atomic E-state index is 0.608. The van der Waals surface area contributed by atoms with Crippen LogP contribution in [0.2, 0.25) is 0 Å². The third kappa shape index (κ3) is 1.99. The summed E-state index contributed by atoms with van der Waals surface area (Å²) in [5.41, 5.74) is 0. The van der Waals surface area contributed by atoms with Crippen molar-refractivity contribution in [2.45, 2.75) is 6.92 Å². The summed E-state index contributed by atoms with van der Waals surface area (Å²) in [6.07, 6.45) is 1.98. The maximum Gasteiger partial charge on any atom is 0.0654 e. The van der Waals surface area contributed by atoms with E-state index < -0.39 is 0 Å². The fourth-order valence-electron chi connectivity index (χ4n) is 0.980. The molecule has 1 aliphatic rings. The van der Waals surface area contributed by atoms with E-state index >= 15 is 0 Å². The molecular weight excluding hydrogens is 128 g/mol. The zero-order chi connectivity index (χ0) is 7.40. The first-order valence-corrected chi connectivity index (χ1v) is 3.61. The number of hydrogen-bond donors (Lipinski definition) is 0. The van der Waals surface area contributed by atoms with Gasteiger partial charge in [-0.2, -0.15) is 5.10 Å². The quantitative estimate of drug-likeness (QED) is 0.575. The number of nitrogens with zero attached hydrogens (tertiary/aromatic N) is 2. The highest BCUT2D eigenvalue weighted by Gasteiger charge is 2.11. The molecule has 0 amide bonds. The van der Waals surface area contributed by atoms with Gasteiger partial charge in [-0.25, -0.2) is 0 Å². The van der Waals surface area contributed by atoms with Crippen LogP contribution in [0.15, 0.2) is 5.10 Å². The van der Waals surface area contributed by atoms with Crippen molar-refractivity contribution in [1.29, 1.82) is 0 Å². The molecule has 1 atom stereocenters. The third-order valence-corrected chi connectivity index (χ3v) is 1.54. The summed E-state index contributed by atoms with van der Waals surface area (Å²) < 4.78 is 4.92. The Kier molecular flexibility index (Phi) is 2.68. The van der Waals surface area contributed by atoms with Crippen molar-refractivity contribution in [3.05, 3.63) is 0 Å². The molecule has 0 aromatic carbocycles. The second kappa shape index (κ2) is 3.56. The van der Waals surface area contributed by atoms with E-state index in [9.17, 15) is 0 Å². The molecule has 1 heterocycles. The molecule has 0 aromatic heterocycles. The van der Waals surface area contributed by atoms with E-state index in [0.717, 1.165) is 19.7 Å². The molecule has 3 heteroatoms. The van der Waals surface area contributed by atoms with Gasteiger partial charge in [-0.1, -0.05) is 6.92 Å². The average molecular weight is 142 g/mol. The Morgan fingerprint density at radius 3 is 3.10 bits per heavy atom. The fraction of sp³-hybridized carbons (Fsp3) is 0.857. The molecule has 1 aliphatic heterocycles. The molecule has 0 N–H and O–H groups in total. The van der Waals surface area contributed by atoms with Crippen molar-refractivity contribution in [1.82, 2.24) is 5.01 Å². The lowest BCUT2D eigenvalue weighted by molar-refractivity contribution is 0.153. The minimum absolute atomic E-state index is 0.608. The van der Waals surface area contributed by atoms with Gasteiger partial charge in [0.2, 0.25) is 0 Å². The Bertz CT molecular complexity index is 125. The van der Waals surface area contributed by atoms with Crippen LogP contribution in [0.1, 0.15) is 6.92 Å². The van der Waals surface area contributed by atoms with Crippen LogP contribution in [0.5, 0.6) is 0 Å². The first-order chi connectivity index (χ1) is 4.83. The van der Waals surface area contributed by atoms with Crippen molar-refractivity contribution in [3.63, 3.8) is 0 Å². The summed E-state index contributed by atoms with van der Waals surface area (Å²) >= 11 is 0. The first-order valence-electron chi connectivity index (χ1n) is 3.61. The molecule has 0 aromatic rings. The van der Waals surface area contributed by atoms with Gasteiger partial charge in [-0.15, -0.1) is 0 Å². The number of ether oxygens (including phenoxy) is 1. The second-order valence-corrected chi connectivity index (χ2v) is 2.65. The zero-order valence-electron chi connectivity index (χ0n) is 6.58. The number of methoxy groups -OCH3 is 1. The van der Waals surface area contributed by atoms with Crippen molar-refractivity contribution >= 4 is 6.21 Å². The van der Waals surface area contributed by atoms with Crippen LogP contribution in [-0.2, 0) is 4.74 Å². The molecule has 0 bridgehead atoms. The van der Waals surface area contributed by atoms with Gasteiger partial charge in [0.05, 0.1) is 13.2 Å². The molecule has 0 radical (unpaired) electrons. The van der Waals surface area contributed by atoms with E-state index in [2.05, 4.69) is 12.0 Å². The van der Waals surface area contributed by atoms with Crippen LogP contribution in [0.4, 0.5) is 0 Å². The van der Waals surface area contributed by atoms with E-state index in [1.807, 2.05) is 11.2 Å². The molecule has 0 spiro atoms. The van der Waals surface area contributed by atoms with Crippen molar-refractivity contribution in [2.24, 2.45) is 11.0 Å². The summed E-state index contributed by atoms with van der Waals surface area (Å²) in [4.78, 5) is 0. The molecule has 0 saturated carbocycles. The molecule has 10 heavy (non-hydrogen) atoms. The Morgan fingerprint density at radius 1 is 1.80 bits per heavy atom. The Labute approximate surface area is 61.7 Å². The van der Waals surface area contributed by atoms with Crippen LogP contribution in [-0.4, -0.2) is 38.0 Å². The van der Waals surface area contributed by atoms with Gasteiger partial charge < -0.3 is 4.74 Å². The van der Waals surface area contributed by atoms with E-state index in [1.165, 1.54) is 0 Å². The van der Waals surface area contributed by atoms with Gasteiger partial charge >= 0.3 is 0 Å².